The van der Waals surface area contributed by atoms with E-state index in [4.69, 9.17) is 14.2 Å². The minimum absolute atomic E-state index is 0.126. The molecule has 0 saturated carbocycles. The minimum atomic E-state index is -0.942. The van der Waals surface area contributed by atoms with Gasteiger partial charge in [-0.2, -0.15) is 0 Å². The van der Waals surface area contributed by atoms with Gasteiger partial charge in [0, 0.05) is 11.8 Å². The van der Waals surface area contributed by atoms with E-state index in [0.29, 0.717) is 18.3 Å². The van der Waals surface area contributed by atoms with E-state index in [9.17, 15) is 10.2 Å². The van der Waals surface area contributed by atoms with Crippen LogP contribution in [0.15, 0.2) is 0 Å². The number of hydrogen-bond acceptors (Lipinski definition) is 5. The lowest BCUT2D eigenvalue weighted by Gasteiger charge is -2.47. The van der Waals surface area contributed by atoms with Crippen molar-refractivity contribution in [1.29, 1.82) is 0 Å². The zero-order valence-electron chi connectivity index (χ0n) is 14.6. The molecular weight excluding hydrogens is 284 g/mol. The average Bonchev–Trinajstić information content (AvgIpc) is 2.50. The molecule has 0 amide bonds. The van der Waals surface area contributed by atoms with Crippen molar-refractivity contribution in [3.8, 4) is 0 Å². The monoisotopic (exact) mass is 316 g/mol. The van der Waals surface area contributed by atoms with Gasteiger partial charge in [0.25, 0.3) is 0 Å². The van der Waals surface area contributed by atoms with Gasteiger partial charge in [-0.3, -0.25) is 0 Å². The van der Waals surface area contributed by atoms with Crippen molar-refractivity contribution < 1.29 is 24.4 Å². The third-order valence-electron chi connectivity index (χ3n) is 5.88. The lowest BCUT2D eigenvalue weighted by Crippen LogP contribution is -2.57. The molecule has 2 heterocycles. The fourth-order valence-electron chi connectivity index (χ4n) is 3.49. The Hall–Kier alpha value is -0.200. The molecule has 2 rings (SSSR count). The van der Waals surface area contributed by atoms with Crippen molar-refractivity contribution in [3.63, 3.8) is 0 Å². The molecule has 130 valence electrons. The molecule has 2 aliphatic heterocycles. The molecule has 0 aromatic rings. The predicted octanol–water partition coefficient (Wildman–Crippen LogP) is 2.15. The fourth-order valence-corrected chi connectivity index (χ4v) is 3.49. The molecule has 0 aromatic heterocycles. The van der Waals surface area contributed by atoms with Crippen LogP contribution in [0.2, 0.25) is 0 Å². The van der Waals surface area contributed by atoms with Crippen LogP contribution in [0, 0.1) is 23.7 Å². The van der Waals surface area contributed by atoms with E-state index < -0.39 is 18.5 Å². The maximum absolute atomic E-state index is 10.5. The molecule has 10 atom stereocenters. The molecule has 0 bridgehead atoms. The first kappa shape index (κ1) is 18.1. The van der Waals surface area contributed by atoms with Crippen LogP contribution in [0.5, 0.6) is 0 Å². The van der Waals surface area contributed by atoms with Crippen LogP contribution in [0.1, 0.15) is 48.0 Å². The van der Waals surface area contributed by atoms with Crippen molar-refractivity contribution >= 4 is 0 Å². The molecule has 5 nitrogen and oxygen atoms in total. The van der Waals surface area contributed by atoms with E-state index in [1.807, 2.05) is 6.92 Å². The SMILES string of the molecule is CCC1OC(O)C(C)[C@@H](O)[C@H]1O[C@H]1O[C@H](C)[C@@H](C)C(C)C1C. The van der Waals surface area contributed by atoms with E-state index in [1.165, 1.54) is 0 Å². The molecule has 2 saturated heterocycles. The summed E-state index contributed by atoms with van der Waals surface area (Å²) in [6, 6.07) is 0. The molecular formula is C17H32O5. The Morgan fingerprint density at radius 2 is 1.50 bits per heavy atom. The second-order valence-electron chi connectivity index (χ2n) is 7.21. The molecule has 2 N–H and O–H groups in total. The molecule has 2 aliphatic rings. The third-order valence-corrected chi connectivity index (χ3v) is 5.88. The lowest BCUT2D eigenvalue weighted by atomic mass is 9.79. The van der Waals surface area contributed by atoms with E-state index >= 15 is 0 Å². The maximum Gasteiger partial charge on any atom is 0.161 e. The number of aliphatic hydroxyl groups is 2. The molecule has 22 heavy (non-hydrogen) atoms. The average molecular weight is 316 g/mol. The summed E-state index contributed by atoms with van der Waals surface area (Å²) in [5.74, 6) is 0.835. The van der Waals surface area contributed by atoms with E-state index in [2.05, 4.69) is 27.7 Å². The summed E-state index contributed by atoms with van der Waals surface area (Å²) in [5.41, 5.74) is 0. The molecule has 0 aromatic carbocycles. The molecule has 0 radical (unpaired) electrons. The number of rotatable bonds is 3. The second kappa shape index (κ2) is 7.14. The molecule has 0 aliphatic carbocycles. The van der Waals surface area contributed by atoms with Crippen LogP contribution in [0.4, 0.5) is 0 Å². The van der Waals surface area contributed by atoms with Crippen molar-refractivity contribution in [2.24, 2.45) is 23.7 Å². The van der Waals surface area contributed by atoms with Crippen LogP contribution in [-0.2, 0) is 14.2 Å². The minimum Gasteiger partial charge on any atom is -0.390 e. The normalized spacial score (nSPS) is 53.5. The van der Waals surface area contributed by atoms with Crippen LogP contribution in [0.3, 0.4) is 0 Å². The van der Waals surface area contributed by atoms with Crippen molar-refractivity contribution in [1.82, 2.24) is 0 Å². The summed E-state index contributed by atoms with van der Waals surface area (Å²) in [4.78, 5) is 0. The number of hydrogen-bond donors (Lipinski definition) is 2. The standard InChI is InChI=1S/C17H32O5/c1-7-13-15(14(18)11(5)16(19)21-13)22-17-10(4)8(2)9(3)12(6)20-17/h8-19H,7H2,1-6H3/t8?,9-,10?,11?,12+,13?,14+,15-,16?,17+/m0/s1. The van der Waals surface area contributed by atoms with Gasteiger partial charge in [0.2, 0.25) is 0 Å². The zero-order valence-corrected chi connectivity index (χ0v) is 14.6. The third kappa shape index (κ3) is 3.34. The van der Waals surface area contributed by atoms with Crippen molar-refractivity contribution in [2.45, 2.75) is 85.0 Å². The molecule has 5 unspecified atom stereocenters. The predicted molar refractivity (Wildman–Crippen MR) is 83.0 cm³/mol. The highest BCUT2D eigenvalue weighted by Gasteiger charge is 2.46. The van der Waals surface area contributed by atoms with Crippen LogP contribution in [0.25, 0.3) is 0 Å². The topological polar surface area (TPSA) is 68.2 Å². The fraction of sp³-hybridized carbons (Fsp3) is 1.00. The Bertz CT molecular complexity index is 361. The Kier molecular flexibility index (Phi) is 5.89. The van der Waals surface area contributed by atoms with Crippen molar-refractivity contribution in [2.75, 3.05) is 0 Å². The van der Waals surface area contributed by atoms with Gasteiger partial charge in [0.05, 0.1) is 18.3 Å². The lowest BCUT2D eigenvalue weighted by molar-refractivity contribution is -0.325. The van der Waals surface area contributed by atoms with Gasteiger partial charge >= 0.3 is 0 Å². The Balaban J connectivity index is 2.10. The van der Waals surface area contributed by atoms with Crippen LogP contribution >= 0.6 is 0 Å². The van der Waals surface area contributed by atoms with Gasteiger partial charge in [-0.1, -0.05) is 34.6 Å². The smallest absolute Gasteiger partial charge is 0.161 e. The van der Waals surface area contributed by atoms with Crippen molar-refractivity contribution in [3.05, 3.63) is 0 Å². The summed E-state index contributed by atoms with van der Waals surface area (Å²) >= 11 is 0. The summed E-state index contributed by atoms with van der Waals surface area (Å²) in [5, 5.41) is 20.4. The molecule has 2 fully saturated rings. The first-order valence-electron chi connectivity index (χ1n) is 8.60. The summed E-state index contributed by atoms with van der Waals surface area (Å²) in [6.45, 7) is 12.4. The molecule has 0 spiro atoms. The summed E-state index contributed by atoms with van der Waals surface area (Å²) in [7, 11) is 0. The first-order valence-corrected chi connectivity index (χ1v) is 8.60. The van der Waals surface area contributed by atoms with Gasteiger partial charge in [0.15, 0.2) is 12.6 Å². The number of ether oxygens (including phenoxy) is 3. The second-order valence-corrected chi connectivity index (χ2v) is 7.21. The summed E-state index contributed by atoms with van der Waals surface area (Å²) < 4.78 is 17.8. The van der Waals surface area contributed by atoms with Gasteiger partial charge in [-0.05, 0) is 25.2 Å². The van der Waals surface area contributed by atoms with Gasteiger partial charge in [-0.25, -0.2) is 0 Å². The van der Waals surface area contributed by atoms with E-state index in [1.54, 1.807) is 6.92 Å². The Labute approximate surface area is 133 Å². The first-order chi connectivity index (χ1) is 10.3. The highest BCUT2D eigenvalue weighted by Crippen LogP contribution is 2.38. The Morgan fingerprint density at radius 1 is 0.864 bits per heavy atom. The van der Waals surface area contributed by atoms with Gasteiger partial charge in [0.1, 0.15) is 6.10 Å². The maximum atomic E-state index is 10.5. The molecule has 5 heteroatoms. The highest BCUT2D eigenvalue weighted by molar-refractivity contribution is 4.89. The van der Waals surface area contributed by atoms with E-state index in [0.717, 1.165) is 0 Å². The Morgan fingerprint density at radius 3 is 2.09 bits per heavy atom. The van der Waals surface area contributed by atoms with E-state index in [-0.39, 0.29) is 30.3 Å². The van der Waals surface area contributed by atoms with Crippen LogP contribution in [-0.4, -0.2) is 47.2 Å². The van der Waals surface area contributed by atoms with Gasteiger partial charge < -0.3 is 24.4 Å². The van der Waals surface area contributed by atoms with Crippen LogP contribution < -0.4 is 0 Å². The van der Waals surface area contributed by atoms with Gasteiger partial charge in [-0.15, -0.1) is 0 Å². The summed E-state index contributed by atoms with van der Waals surface area (Å²) in [6.07, 6.45) is -2.03. The zero-order chi connectivity index (χ0) is 16.6. The number of aliphatic hydroxyl groups excluding tert-OH is 2. The quantitative estimate of drug-likeness (QED) is 0.835. The highest BCUT2D eigenvalue weighted by atomic mass is 16.7. The largest absolute Gasteiger partial charge is 0.390 e.